The van der Waals surface area contributed by atoms with Crippen LogP contribution >= 0.6 is 0 Å². The number of aliphatic carboxylic acids is 1. The molecule has 1 fully saturated rings. The molecule has 2 heterocycles. The molecule has 10 heteroatoms. The van der Waals surface area contributed by atoms with Crippen LogP contribution < -0.4 is 4.74 Å². The van der Waals surface area contributed by atoms with Gasteiger partial charge in [0.2, 0.25) is 11.7 Å². The van der Waals surface area contributed by atoms with Gasteiger partial charge in [0.25, 0.3) is 0 Å². The first kappa shape index (κ1) is 25.5. The number of carboxylic acid groups (broad SMARTS) is 1. The van der Waals surface area contributed by atoms with Crippen LogP contribution in [0.3, 0.4) is 0 Å². The molecule has 0 aliphatic heterocycles. The predicted octanol–water partition coefficient (Wildman–Crippen LogP) is 3.95. The Bertz CT molecular complexity index is 1450. The summed E-state index contributed by atoms with van der Waals surface area (Å²) in [4.78, 5) is 21.1. The van der Waals surface area contributed by atoms with Crippen molar-refractivity contribution in [3.63, 3.8) is 0 Å². The summed E-state index contributed by atoms with van der Waals surface area (Å²) < 4.78 is 5.85. The fourth-order valence-electron chi connectivity index (χ4n) is 4.68. The second-order valence-electron chi connectivity index (χ2n) is 10.5. The number of tetrazole rings is 1. The average molecular weight is 515 g/mol. The molecule has 1 aliphatic carbocycles. The summed E-state index contributed by atoms with van der Waals surface area (Å²) in [6, 6.07) is 12.2. The van der Waals surface area contributed by atoms with Gasteiger partial charge in [-0.25, -0.2) is 4.98 Å². The fraction of sp³-hybridized carbons (Fsp3) is 0.357. The minimum absolute atomic E-state index is 0.0565. The summed E-state index contributed by atoms with van der Waals surface area (Å²) in [5.74, 6) is -0.290. The maximum absolute atomic E-state index is 11.1. The van der Waals surface area contributed by atoms with Crippen LogP contribution in [0.1, 0.15) is 48.6 Å². The molecule has 1 aliphatic rings. The smallest absolute Gasteiger partial charge is 0.307 e. The number of benzene rings is 2. The van der Waals surface area contributed by atoms with Crippen LogP contribution in [-0.4, -0.2) is 52.0 Å². The number of carboxylic acids is 1. The molecule has 0 saturated heterocycles. The second kappa shape index (κ2) is 9.94. The second-order valence-corrected chi connectivity index (χ2v) is 10.5. The Morgan fingerprint density at radius 2 is 1.87 bits per heavy atom. The van der Waals surface area contributed by atoms with E-state index in [-0.39, 0.29) is 18.4 Å². The standard InChI is InChI=1S/C28H30N6O4/c1-16-8-20(26-31-33-34(32-26)15-28(3,4)37)9-17(2)25(16)19-7-5-6-18(10-19)14-38-24-13-29-23(12-30-24)21-11-22(21)27(35)36/h5-10,12-13,21-22,37H,11,14-15H2,1-4H3,(H,35,36)/t21-,22-/m0/s1. The van der Waals surface area contributed by atoms with Gasteiger partial charge in [-0.05, 0) is 85.3 Å². The molecule has 10 nitrogen and oxygen atoms in total. The van der Waals surface area contributed by atoms with Crippen molar-refractivity contribution in [1.82, 2.24) is 30.2 Å². The Labute approximate surface area is 220 Å². The Morgan fingerprint density at radius 1 is 1.11 bits per heavy atom. The van der Waals surface area contributed by atoms with E-state index in [1.807, 2.05) is 24.3 Å². The molecule has 4 aromatic rings. The van der Waals surface area contributed by atoms with Crippen molar-refractivity contribution in [2.45, 2.75) is 58.8 Å². The fourth-order valence-corrected chi connectivity index (χ4v) is 4.68. The summed E-state index contributed by atoms with van der Waals surface area (Å²) in [5, 5.41) is 31.8. The van der Waals surface area contributed by atoms with Crippen LogP contribution in [0.25, 0.3) is 22.5 Å². The van der Waals surface area contributed by atoms with Crippen LogP contribution in [0.4, 0.5) is 0 Å². The van der Waals surface area contributed by atoms with Crippen molar-refractivity contribution in [2.24, 2.45) is 5.92 Å². The van der Waals surface area contributed by atoms with Crippen molar-refractivity contribution in [2.75, 3.05) is 0 Å². The number of hydrogen-bond acceptors (Lipinski definition) is 8. The summed E-state index contributed by atoms with van der Waals surface area (Å²) in [5.41, 5.74) is 5.98. The van der Waals surface area contributed by atoms with E-state index in [1.54, 1.807) is 26.2 Å². The molecule has 38 heavy (non-hydrogen) atoms. The molecule has 2 N–H and O–H groups in total. The predicted molar refractivity (Wildman–Crippen MR) is 139 cm³/mol. The average Bonchev–Trinajstić information content (AvgIpc) is 3.54. The zero-order valence-electron chi connectivity index (χ0n) is 21.8. The van der Waals surface area contributed by atoms with E-state index in [4.69, 9.17) is 9.84 Å². The van der Waals surface area contributed by atoms with E-state index in [1.165, 1.54) is 4.80 Å². The van der Waals surface area contributed by atoms with Crippen LogP contribution in [0.15, 0.2) is 48.8 Å². The van der Waals surface area contributed by atoms with Gasteiger partial charge < -0.3 is 14.9 Å². The molecular formula is C28H30N6O4. The van der Waals surface area contributed by atoms with E-state index < -0.39 is 11.6 Å². The van der Waals surface area contributed by atoms with Gasteiger partial charge in [-0.2, -0.15) is 4.80 Å². The first-order chi connectivity index (χ1) is 18.1. The maximum atomic E-state index is 11.1. The topological polar surface area (TPSA) is 136 Å². The van der Waals surface area contributed by atoms with Crippen molar-refractivity contribution in [1.29, 1.82) is 0 Å². The molecule has 0 unspecified atom stereocenters. The van der Waals surface area contributed by atoms with Crippen LogP contribution in [0.2, 0.25) is 0 Å². The highest BCUT2D eigenvalue weighted by Gasteiger charge is 2.45. The monoisotopic (exact) mass is 514 g/mol. The summed E-state index contributed by atoms with van der Waals surface area (Å²) in [7, 11) is 0. The Morgan fingerprint density at radius 3 is 2.50 bits per heavy atom. The van der Waals surface area contributed by atoms with Gasteiger partial charge in [0.15, 0.2) is 0 Å². The number of aromatic nitrogens is 6. The molecule has 1 saturated carbocycles. The summed E-state index contributed by atoms with van der Waals surface area (Å²) >= 11 is 0. The van der Waals surface area contributed by atoms with Gasteiger partial charge in [-0.15, -0.1) is 10.2 Å². The van der Waals surface area contributed by atoms with Crippen molar-refractivity contribution in [3.05, 3.63) is 71.2 Å². The lowest BCUT2D eigenvalue weighted by Gasteiger charge is -2.15. The lowest BCUT2D eigenvalue weighted by Crippen LogP contribution is -2.27. The van der Waals surface area contributed by atoms with Gasteiger partial charge in [-0.3, -0.25) is 9.78 Å². The normalized spacial score (nSPS) is 16.9. The van der Waals surface area contributed by atoms with Gasteiger partial charge in [0, 0.05) is 11.5 Å². The number of carbonyl (C=O) groups is 1. The quantitative estimate of drug-likeness (QED) is 0.340. The number of nitrogens with zero attached hydrogens (tertiary/aromatic N) is 6. The number of ether oxygens (including phenoxy) is 1. The third-order valence-electron chi connectivity index (χ3n) is 6.51. The molecule has 2 aromatic heterocycles. The summed E-state index contributed by atoms with van der Waals surface area (Å²) in [6.07, 6.45) is 3.76. The van der Waals surface area contributed by atoms with Gasteiger partial charge >= 0.3 is 5.97 Å². The SMILES string of the molecule is Cc1cc(-c2nnn(CC(C)(C)O)n2)cc(C)c1-c1cccc(COc2cnc([C@H]3C[C@@H]3C(=O)O)cn2)c1. The van der Waals surface area contributed by atoms with Gasteiger partial charge in [0.05, 0.1) is 36.2 Å². The third kappa shape index (κ3) is 5.70. The number of hydrogen-bond donors (Lipinski definition) is 2. The number of aryl methyl sites for hydroxylation is 2. The van der Waals surface area contributed by atoms with E-state index >= 15 is 0 Å². The van der Waals surface area contributed by atoms with E-state index in [2.05, 4.69) is 51.4 Å². The number of aliphatic hydroxyl groups is 1. The van der Waals surface area contributed by atoms with E-state index in [0.29, 0.717) is 30.4 Å². The minimum atomic E-state index is -0.930. The highest BCUT2D eigenvalue weighted by molar-refractivity contribution is 5.75. The van der Waals surface area contributed by atoms with E-state index in [0.717, 1.165) is 33.4 Å². The molecule has 196 valence electrons. The summed E-state index contributed by atoms with van der Waals surface area (Å²) in [6.45, 7) is 8.10. The molecule has 0 amide bonds. The molecule has 2 aromatic carbocycles. The Hall–Kier alpha value is -4.18. The molecular weight excluding hydrogens is 484 g/mol. The molecule has 0 bridgehead atoms. The molecule has 0 radical (unpaired) electrons. The third-order valence-corrected chi connectivity index (χ3v) is 6.51. The molecule has 2 atom stereocenters. The van der Waals surface area contributed by atoms with Gasteiger partial charge in [-0.1, -0.05) is 18.2 Å². The highest BCUT2D eigenvalue weighted by Crippen LogP contribution is 2.46. The first-order valence-corrected chi connectivity index (χ1v) is 12.5. The van der Waals surface area contributed by atoms with E-state index in [9.17, 15) is 9.90 Å². The maximum Gasteiger partial charge on any atom is 0.307 e. The van der Waals surface area contributed by atoms with Gasteiger partial charge in [0.1, 0.15) is 6.61 Å². The first-order valence-electron chi connectivity index (χ1n) is 12.5. The van der Waals surface area contributed by atoms with Crippen LogP contribution in [-0.2, 0) is 17.9 Å². The van der Waals surface area contributed by atoms with Crippen molar-refractivity contribution < 1.29 is 19.7 Å². The molecule has 0 spiro atoms. The van der Waals surface area contributed by atoms with Crippen LogP contribution in [0.5, 0.6) is 5.88 Å². The minimum Gasteiger partial charge on any atom is -0.481 e. The molecule has 5 rings (SSSR count). The Kier molecular flexibility index (Phi) is 6.66. The van der Waals surface area contributed by atoms with Crippen LogP contribution in [0, 0.1) is 19.8 Å². The highest BCUT2D eigenvalue weighted by atomic mass is 16.5. The lowest BCUT2D eigenvalue weighted by molar-refractivity contribution is -0.138. The Balaban J connectivity index is 1.28. The van der Waals surface area contributed by atoms with Crippen molar-refractivity contribution in [3.8, 4) is 28.4 Å². The lowest BCUT2D eigenvalue weighted by atomic mass is 9.92. The zero-order chi connectivity index (χ0) is 27.0. The number of rotatable bonds is 9. The van der Waals surface area contributed by atoms with Crippen molar-refractivity contribution >= 4 is 5.97 Å². The zero-order valence-corrected chi connectivity index (χ0v) is 21.8. The largest absolute Gasteiger partial charge is 0.481 e.